The van der Waals surface area contributed by atoms with E-state index in [1.54, 1.807) is 0 Å². The van der Waals surface area contributed by atoms with Crippen molar-refractivity contribution in [3.05, 3.63) is 64.4 Å². The molecule has 0 aliphatic carbocycles. The van der Waals surface area contributed by atoms with Crippen molar-refractivity contribution < 1.29 is 8.94 Å². The van der Waals surface area contributed by atoms with Crippen LogP contribution in [0.4, 0.5) is 0 Å². The number of hydrogen-bond acceptors (Lipinski definition) is 7. The molecule has 0 saturated heterocycles. The summed E-state index contributed by atoms with van der Waals surface area (Å²) in [6.45, 7) is 2.78. The number of nitrogens with zero attached hydrogens (tertiary/aromatic N) is 5. The van der Waals surface area contributed by atoms with Crippen LogP contribution in [0, 0.1) is 0 Å². The van der Waals surface area contributed by atoms with Gasteiger partial charge in [0.05, 0.1) is 12.3 Å². The minimum absolute atomic E-state index is 0.536. The fourth-order valence-corrected chi connectivity index (χ4v) is 3.91. The molecule has 3 aromatic heterocycles. The van der Waals surface area contributed by atoms with Crippen LogP contribution in [0.1, 0.15) is 37.0 Å². The van der Waals surface area contributed by atoms with Gasteiger partial charge in [-0.2, -0.15) is 4.98 Å². The van der Waals surface area contributed by atoms with Crippen molar-refractivity contribution in [2.45, 2.75) is 43.6 Å². The van der Waals surface area contributed by atoms with Gasteiger partial charge in [-0.1, -0.05) is 60.6 Å². The van der Waals surface area contributed by atoms with E-state index in [4.69, 9.17) is 8.94 Å². The molecule has 7 nitrogen and oxygen atoms in total. The van der Waals surface area contributed by atoms with E-state index >= 15 is 0 Å². The molecular formula is C20H20BrN5O2S. The second kappa shape index (κ2) is 9.41. The summed E-state index contributed by atoms with van der Waals surface area (Å²) in [6, 6.07) is 13.9. The summed E-state index contributed by atoms with van der Waals surface area (Å²) in [5, 5.41) is 13.6. The molecule has 9 heteroatoms. The highest BCUT2D eigenvalue weighted by molar-refractivity contribution is 9.10. The van der Waals surface area contributed by atoms with Crippen LogP contribution in [0.2, 0.25) is 0 Å². The molecule has 0 amide bonds. The van der Waals surface area contributed by atoms with Gasteiger partial charge in [0, 0.05) is 6.42 Å². The second-order valence-electron chi connectivity index (χ2n) is 6.48. The quantitative estimate of drug-likeness (QED) is 0.302. The molecule has 29 heavy (non-hydrogen) atoms. The molecule has 3 heterocycles. The van der Waals surface area contributed by atoms with Crippen LogP contribution in [0.15, 0.2) is 61.2 Å². The molecule has 0 atom stereocenters. The van der Waals surface area contributed by atoms with E-state index in [9.17, 15) is 0 Å². The third-order valence-corrected chi connectivity index (χ3v) is 5.66. The van der Waals surface area contributed by atoms with Crippen LogP contribution in [-0.2, 0) is 18.7 Å². The fraction of sp³-hybridized carbons (Fsp3) is 0.300. The minimum atomic E-state index is 0.536. The van der Waals surface area contributed by atoms with Gasteiger partial charge in [-0.3, -0.25) is 4.57 Å². The van der Waals surface area contributed by atoms with Crippen molar-refractivity contribution in [1.82, 2.24) is 24.9 Å². The Morgan fingerprint density at radius 2 is 1.97 bits per heavy atom. The highest BCUT2D eigenvalue weighted by Gasteiger charge is 2.18. The number of aromatic nitrogens is 5. The average molecular weight is 474 g/mol. The number of halogens is 1. The third-order valence-electron chi connectivity index (χ3n) is 4.28. The smallest absolute Gasteiger partial charge is 0.237 e. The Hall–Kier alpha value is -2.39. The van der Waals surface area contributed by atoms with Crippen molar-refractivity contribution in [2.24, 2.45) is 0 Å². The van der Waals surface area contributed by atoms with Crippen LogP contribution in [-0.4, -0.2) is 24.9 Å². The summed E-state index contributed by atoms with van der Waals surface area (Å²) < 4.78 is 13.8. The first-order valence-corrected chi connectivity index (χ1v) is 11.2. The summed E-state index contributed by atoms with van der Waals surface area (Å²) in [4.78, 5) is 4.46. The Kier molecular flexibility index (Phi) is 6.46. The molecule has 150 valence electrons. The molecule has 0 radical (unpaired) electrons. The standard InChI is InChI=1S/C20H20BrN5O2S/c1-2-3-9-17-22-18(28-25-17)13-29-20-24-23-19(15-10-11-16(21)27-15)26(20)12-14-7-5-4-6-8-14/h4-8,10-11H,2-3,9,12-13H2,1H3. The van der Waals surface area contributed by atoms with Crippen LogP contribution < -0.4 is 0 Å². The van der Waals surface area contributed by atoms with Gasteiger partial charge in [-0.15, -0.1) is 10.2 Å². The zero-order valence-electron chi connectivity index (χ0n) is 15.9. The maximum Gasteiger partial charge on any atom is 0.237 e. The summed E-state index contributed by atoms with van der Waals surface area (Å²) in [5.41, 5.74) is 1.15. The summed E-state index contributed by atoms with van der Waals surface area (Å²) in [7, 11) is 0. The summed E-state index contributed by atoms with van der Waals surface area (Å²) in [6.07, 6.45) is 3.00. The van der Waals surface area contributed by atoms with Gasteiger partial charge in [0.2, 0.25) is 11.7 Å². The predicted molar refractivity (Wildman–Crippen MR) is 113 cm³/mol. The van der Waals surface area contributed by atoms with Gasteiger partial charge in [0.15, 0.2) is 21.4 Å². The Labute approximate surface area is 181 Å². The third kappa shape index (κ3) is 4.97. The zero-order chi connectivity index (χ0) is 20.1. The van der Waals surface area contributed by atoms with E-state index in [-0.39, 0.29) is 0 Å². The fourth-order valence-electron chi connectivity index (χ4n) is 2.83. The Morgan fingerprint density at radius 1 is 1.10 bits per heavy atom. The van der Waals surface area contributed by atoms with Gasteiger partial charge in [-0.25, -0.2) is 0 Å². The molecular weight excluding hydrogens is 454 g/mol. The number of unbranched alkanes of at least 4 members (excludes halogenated alkanes) is 1. The molecule has 0 fully saturated rings. The second-order valence-corrected chi connectivity index (χ2v) is 8.20. The molecule has 0 unspecified atom stereocenters. The number of rotatable bonds is 9. The lowest BCUT2D eigenvalue weighted by molar-refractivity contribution is 0.384. The monoisotopic (exact) mass is 473 g/mol. The highest BCUT2D eigenvalue weighted by atomic mass is 79.9. The van der Waals surface area contributed by atoms with Gasteiger partial charge in [0.1, 0.15) is 0 Å². The number of thioether (sulfide) groups is 1. The Morgan fingerprint density at radius 3 is 2.72 bits per heavy atom. The average Bonchev–Trinajstić information content (AvgIpc) is 3.46. The maximum atomic E-state index is 5.71. The largest absolute Gasteiger partial charge is 0.446 e. The predicted octanol–water partition coefficient (Wildman–Crippen LogP) is 5.37. The first kappa shape index (κ1) is 19.9. The lowest BCUT2D eigenvalue weighted by Crippen LogP contribution is -2.04. The van der Waals surface area contributed by atoms with Crippen LogP contribution in [0.5, 0.6) is 0 Å². The van der Waals surface area contributed by atoms with E-state index < -0.39 is 0 Å². The van der Waals surface area contributed by atoms with Crippen LogP contribution in [0.25, 0.3) is 11.6 Å². The SMILES string of the molecule is CCCCc1noc(CSc2nnc(-c3ccc(Br)o3)n2Cc2ccccc2)n1. The van der Waals surface area contributed by atoms with E-state index in [0.29, 0.717) is 34.4 Å². The molecule has 1 aromatic carbocycles. The van der Waals surface area contributed by atoms with Crippen molar-refractivity contribution in [3.63, 3.8) is 0 Å². The van der Waals surface area contributed by atoms with Crippen molar-refractivity contribution >= 4 is 27.7 Å². The summed E-state index contributed by atoms with van der Waals surface area (Å²) in [5.74, 6) is 3.23. The van der Waals surface area contributed by atoms with Crippen LogP contribution >= 0.6 is 27.7 Å². The molecule has 0 spiro atoms. The minimum Gasteiger partial charge on any atom is -0.446 e. The van der Waals surface area contributed by atoms with E-state index in [1.807, 2.05) is 34.9 Å². The normalized spacial score (nSPS) is 11.2. The molecule has 4 rings (SSSR count). The number of hydrogen-bond donors (Lipinski definition) is 0. The van der Waals surface area contributed by atoms with Gasteiger partial charge < -0.3 is 8.94 Å². The maximum absolute atomic E-state index is 5.71. The molecule has 0 bridgehead atoms. The number of benzene rings is 1. The Bertz CT molecular complexity index is 1060. The van der Waals surface area contributed by atoms with Gasteiger partial charge in [0.25, 0.3) is 0 Å². The van der Waals surface area contributed by atoms with E-state index in [2.05, 4.69) is 55.3 Å². The zero-order valence-corrected chi connectivity index (χ0v) is 18.3. The van der Waals surface area contributed by atoms with E-state index in [1.165, 1.54) is 11.8 Å². The summed E-state index contributed by atoms with van der Waals surface area (Å²) >= 11 is 4.87. The molecule has 0 aliphatic heterocycles. The first-order chi connectivity index (χ1) is 14.2. The number of aryl methyl sites for hydroxylation is 1. The van der Waals surface area contributed by atoms with Crippen molar-refractivity contribution in [1.29, 1.82) is 0 Å². The van der Waals surface area contributed by atoms with Crippen molar-refractivity contribution in [3.8, 4) is 11.6 Å². The topological polar surface area (TPSA) is 82.8 Å². The first-order valence-electron chi connectivity index (χ1n) is 9.40. The number of furan rings is 1. The van der Waals surface area contributed by atoms with Crippen LogP contribution in [0.3, 0.4) is 0 Å². The molecule has 0 N–H and O–H groups in total. The molecule has 4 aromatic rings. The lowest BCUT2D eigenvalue weighted by Gasteiger charge is -2.08. The Balaban J connectivity index is 1.55. The molecule has 0 saturated carbocycles. The van der Waals surface area contributed by atoms with E-state index in [0.717, 1.165) is 35.8 Å². The van der Waals surface area contributed by atoms with Gasteiger partial charge >= 0.3 is 0 Å². The highest BCUT2D eigenvalue weighted by Crippen LogP contribution is 2.29. The van der Waals surface area contributed by atoms with Gasteiger partial charge in [-0.05, 0) is 40.0 Å². The van der Waals surface area contributed by atoms with Crippen molar-refractivity contribution in [2.75, 3.05) is 0 Å². The lowest BCUT2D eigenvalue weighted by atomic mass is 10.2. The molecule has 0 aliphatic rings.